The third-order valence-electron chi connectivity index (χ3n) is 4.30. The van der Waals surface area contributed by atoms with E-state index in [0.29, 0.717) is 6.54 Å². The number of carbonyl (C=O) groups is 1. The molecule has 1 amide bonds. The molecule has 3 rings (SSSR count). The molecule has 0 radical (unpaired) electrons. The Morgan fingerprint density at radius 3 is 2.57 bits per heavy atom. The first-order chi connectivity index (χ1) is 10.2. The van der Waals surface area contributed by atoms with E-state index in [4.69, 9.17) is 5.73 Å². The number of anilines is 2. The number of rotatable bonds is 5. The number of nitrogens with two attached hydrogens (primary N) is 1. The SMILES string of the molecule is Nc1ccccc1N1CCN(CC(=O)NCC2CC2)CC1. The number of benzene rings is 1. The van der Waals surface area contributed by atoms with E-state index in [1.807, 2.05) is 18.2 Å². The smallest absolute Gasteiger partial charge is 0.234 e. The molecular formula is C16H24N4O. The van der Waals surface area contributed by atoms with Crippen molar-refractivity contribution in [3.8, 4) is 0 Å². The van der Waals surface area contributed by atoms with E-state index in [1.54, 1.807) is 0 Å². The zero-order valence-corrected chi connectivity index (χ0v) is 12.4. The van der Waals surface area contributed by atoms with Gasteiger partial charge in [0.15, 0.2) is 0 Å². The number of piperazine rings is 1. The number of hydrogen-bond donors (Lipinski definition) is 2. The zero-order chi connectivity index (χ0) is 14.7. The van der Waals surface area contributed by atoms with Gasteiger partial charge in [-0.05, 0) is 30.9 Å². The first-order valence-corrected chi connectivity index (χ1v) is 7.81. The molecule has 5 nitrogen and oxygen atoms in total. The minimum atomic E-state index is 0.162. The van der Waals surface area contributed by atoms with Crippen LogP contribution in [0.25, 0.3) is 0 Å². The Morgan fingerprint density at radius 1 is 1.19 bits per heavy atom. The molecule has 1 heterocycles. The molecule has 0 atom stereocenters. The van der Waals surface area contributed by atoms with Crippen molar-refractivity contribution in [1.82, 2.24) is 10.2 Å². The summed E-state index contributed by atoms with van der Waals surface area (Å²) in [5.74, 6) is 0.904. The highest BCUT2D eigenvalue weighted by molar-refractivity contribution is 5.78. The summed E-state index contributed by atoms with van der Waals surface area (Å²) in [5.41, 5.74) is 7.95. The maximum atomic E-state index is 11.9. The van der Waals surface area contributed by atoms with Gasteiger partial charge in [0.2, 0.25) is 5.91 Å². The highest BCUT2D eigenvalue weighted by atomic mass is 16.2. The average molecular weight is 288 g/mol. The van der Waals surface area contributed by atoms with Gasteiger partial charge >= 0.3 is 0 Å². The van der Waals surface area contributed by atoms with E-state index < -0.39 is 0 Å². The van der Waals surface area contributed by atoms with E-state index in [9.17, 15) is 4.79 Å². The van der Waals surface area contributed by atoms with Crippen LogP contribution in [0.15, 0.2) is 24.3 Å². The number of hydrogen-bond acceptors (Lipinski definition) is 4. The van der Waals surface area contributed by atoms with Crippen molar-refractivity contribution in [1.29, 1.82) is 0 Å². The van der Waals surface area contributed by atoms with Gasteiger partial charge in [0.05, 0.1) is 17.9 Å². The third-order valence-corrected chi connectivity index (χ3v) is 4.30. The van der Waals surface area contributed by atoms with E-state index in [-0.39, 0.29) is 5.91 Å². The molecule has 2 aliphatic rings. The Labute approximate surface area is 126 Å². The molecule has 1 aromatic rings. The van der Waals surface area contributed by atoms with Gasteiger partial charge in [-0.3, -0.25) is 9.69 Å². The van der Waals surface area contributed by atoms with Crippen molar-refractivity contribution in [3.05, 3.63) is 24.3 Å². The lowest BCUT2D eigenvalue weighted by molar-refractivity contribution is -0.122. The van der Waals surface area contributed by atoms with Crippen molar-refractivity contribution in [3.63, 3.8) is 0 Å². The Balaban J connectivity index is 1.44. The van der Waals surface area contributed by atoms with Crippen LogP contribution in [-0.2, 0) is 4.79 Å². The zero-order valence-electron chi connectivity index (χ0n) is 12.4. The van der Waals surface area contributed by atoms with Gasteiger partial charge in [-0.15, -0.1) is 0 Å². The van der Waals surface area contributed by atoms with Crippen molar-refractivity contribution in [2.75, 3.05) is 49.9 Å². The predicted molar refractivity (Wildman–Crippen MR) is 85.2 cm³/mol. The monoisotopic (exact) mass is 288 g/mol. The summed E-state index contributed by atoms with van der Waals surface area (Å²) in [4.78, 5) is 16.4. The van der Waals surface area contributed by atoms with Crippen LogP contribution in [0.4, 0.5) is 11.4 Å². The largest absolute Gasteiger partial charge is 0.397 e. The maximum Gasteiger partial charge on any atom is 0.234 e. The maximum absolute atomic E-state index is 11.9. The molecule has 0 bridgehead atoms. The lowest BCUT2D eigenvalue weighted by Gasteiger charge is -2.36. The number of nitrogen functional groups attached to an aromatic ring is 1. The van der Waals surface area contributed by atoms with Gasteiger partial charge in [0.25, 0.3) is 0 Å². The quantitative estimate of drug-likeness (QED) is 0.791. The summed E-state index contributed by atoms with van der Waals surface area (Å²) in [6.07, 6.45) is 2.55. The number of carbonyl (C=O) groups excluding carboxylic acids is 1. The first kappa shape index (κ1) is 14.2. The van der Waals surface area contributed by atoms with E-state index >= 15 is 0 Å². The molecule has 2 fully saturated rings. The minimum Gasteiger partial charge on any atom is -0.397 e. The Kier molecular flexibility index (Phi) is 4.29. The van der Waals surface area contributed by atoms with Crippen molar-refractivity contribution < 1.29 is 4.79 Å². The molecule has 114 valence electrons. The molecule has 1 saturated carbocycles. The normalized spacial score (nSPS) is 19.5. The summed E-state index contributed by atoms with van der Waals surface area (Å²) in [5, 5.41) is 3.03. The van der Waals surface area contributed by atoms with Crippen LogP contribution in [0.5, 0.6) is 0 Å². The molecular weight excluding hydrogens is 264 g/mol. The van der Waals surface area contributed by atoms with Crippen LogP contribution < -0.4 is 16.0 Å². The predicted octanol–water partition coefficient (Wildman–Crippen LogP) is 0.917. The molecule has 1 aliphatic heterocycles. The topological polar surface area (TPSA) is 61.6 Å². The molecule has 0 unspecified atom stereocenters. The first-order valence-electron chi connectivity index (χ1n) is 7.81. The fourth-order valence-corrected chi connectivity index (χ4v) is 2.76. The molecule has 5 heteroatoms. The highest BCUT2D eigenvalue weighted by Crippen LogP contribution is 2.27. The van der Waals surface area contributed by atoms with E-state index in [1.165, 1.54) is 12.8 Å². The molecule has 21 heavy (non-hydrogen) atoms. The number of nitrogens with one attached hydrogen (secondary N) is 1. The second kappa shape index (κ2) is 6.35. The summed E-state index contributed by atoms with van der Waals surface area (Å²) < 4.78 is 0. The van der Waals surface area contributed by atoms with Crippen LogP contribution in [0, 0.1) is 5.92 Å². The molecule has 0 aromatic heterocycles. The summed E-state index contributed by atoms with van der Waals surface area (Å²) in [6.45, 7) is 5.04. The van der Waals surface area contributed by atoms with Gasteiger partial charge in [0, 0.05) is 32.7 Å². The van der Waals surface area contributed by atoms with Gasteiger partial charge < -0.3 is 16.0 Å². The average Bonchev–Trinajstić information content (AvgIpc) is 3.31. The van der Waals surface area contributed by atoms with Crippen molar-refractivity contribution in [2.24, 2.45) is 5.92 Å². The Morgan fingerprint density at radius 2 is 1.90 bits per heavy atom. The van der Waals surface area contributed by atoms with Gasteiger partial charge in [-0.2, -0.15) is 0 Å². The van der Waals surface area contributed by atoms with Crippen molar-refractivity contribution >= 4 is 17.3 Å². The van der Waals surface area contributed by atoms with Crippen LogP contribution in [0.3, 0.4) is 0 Å². The standard InChI is InChI=1S/C16H24N4O/c17-14-3-1-2-4-15(14)20-9-7-19(8-10-20)12-16(21)18-11-13-5-6-13/h1-4,13H,5-12,17H2,(H,18,21). The van der Waals surface area contributed by atoms with Gasteiger partial charge in [-0.1, -0.05) is 12.1 Å². The summed E-state index contributed by atoms with van der Waals surface area (Å²) >= 11 is 0. The number of amides is 1. The van der Waals surface area contributed by atoms with Crippen LogP contribution >= 0.6 is 0 Å². The molecule has 1 aromatic carbocycles. The fourth-order valence-electron chi connectivity index (χ4n) is 2.76. The van der Waals surface area contributed by atoms with E-state index in [2.05, 4.69) is 21.2 Å². The molecule has 1 aliphatic carbocycles. The Bertz CT molecular complexity index is 493. The second-order valence-electron chi connectivity index (χ2n) is 6.07. The van der Waals surface area contributed by atoms with E-state index in [0.717, 1.165) is 50.0 Å². The van der Waals surface area contributed by atoms with Crippen LogP contribution in [0.2, 0.25) is 0 Å². The Hall–Kier alpha value is -1.75. The third kappa shape index (κ3) is 3.88. The second-order valence-corrected chi connectivity index (χ2v) is 6.07. The lowest BCUT2D eigenvalue weighted by atomic mass is 10.2. The summed E-state index contributed by atoms with van der Waals surface area (Å²) in [7, 11) is 0. The van der Waals surface area contributed by atoms with Gasteiger partial charge in [0.1, 0.15) is 0 Å². The molecule has 0 spiro atoms. The van der Waals surface area contributed by atoms with Gasteiger partial charge in [-0.25, -0.2) is 0 Å². The highest BCUT2D eigenvalue weighted by Gasteiger charge is 2.23. The van der Waals surface area contributed by atoms with Crippen molar-refractivity contribution in [2.45, 2.75) is 12.8 Å². The number of nitrogens with zero attached hydrogens (tertiary/aromatic N) is 2. The lowest BCUT2D eigenvalue weighted by Crippen LogP contribution is -2.49. The van der Waals surface area contributed by atoms with Crippen LogP contribution in [0.1, 0.15) is 12.8 Å². The molecule has 3 N–H and O–H groups in total. The fraction of sp³-hybridized carbons (Fsp3) is 0.562. The number of para-hydroxylation sites is 2. The van der Waals surface area contributed by atoms with Crippen LogP contribution in [-0.4, -0.2) is 50.1 Å². The summed E-state index contributed by atoms with van der Waals surface area (Å²) in [6, 6.07) is 7.98. The minimum absolute atomic E-state index is 0.162. The molecule has 1 saturated heterocycles.